The lowest BCUT2D eigenvalue weighted by Crippen LogP contribution is -2.33. The molecule has 1 aromatic carbocycles. The van der Waals surface area contributed by atoms with Crippen LogP contribution in [0.15, 0.2) is 30.3 Å². The maximum absolute atomic E-state index is 11.9. The van der Waals surface area contributed by atoms with E-state index in [9.17, 15) is 9.90 Å². The molecule has 0 fully saturated rings. The molecule has 20 heavy (non-hydrogen) atoms. The molecule has 0 saturated carbocycles. The average Bonchev–Trinajstić information content (AvgIpc) is 2.36. The van der Waals surface area contributed by atoms with Gasteiger partial charge in [0.25, 0.3) is 0 Å². The largest absolute Gasteiger partial charge is 0.460 e. The van der Waals surface area contributed by atoms with Crippen molar-refractivity contribution in [2.24, 2.45) is 5.92 Å². The van der Waals surface area contributed by atoms with Gasteiger partial charge in [0, 0.05) is 0 Å². The molecule has 0 bridgehead atoms. The van der Waals surface area contributed by atoms with Gasteiger partial charge in [0.2, 0.25) is 0 Å². The second kappa shape index (κ2) is 6.89. The monoisotopic (exact) mass is 278 g/mol. The highest BCUT2D eigenvalue weighted by Gasteiger charge is 2.28. The number of aliphatic hydroxyl groups is 1. The van der Waals surface area contributed by atoms with Gasteiger partial charge in [-0.2, -0.15) is 0 Å². The standard InChI is InChI=1S/C17H26O3/c1-12(14-9-7-6-8-10-14)11-15(18)13(2)16(19)20-17(3,4)5/h6-10,12-13,15,18H,11H2,1-5H3. The molecule has 0 aliphatic carbocycles. The Hall–Kier alpha value is -1.35. The van der Waals surface area contributed by atoms with Crippen LogP contribution in [0.2, 0.25) is 0 Å². The molecule has 1 aromatic rings. The number of rotatable bonds is 5. The summed E-state index contributed by atoms with van der Waals surface area (Å²) in [4.78, 5) is 11.9. The fourth-order valence-electron chi connectivity index (χ4n) is 2.04. The fraction of sp³-hybridized carbons (Fsp3) is 0.588. The molecule has 0 amide bonds. The molecule has 1 N–H and O–H groups in total. The Balaban J connectivity index is 2.57. The second-order valence-electron chi connectivity index (χ2n) is 6.44. The number of esters is 1. The summed E-state index contributed by atoms with van der Waals surface area (Å²) >= 11 is 0. The van der Waals surface area contributed by atoms with Crippen LogP contribution in [-0.4, -0.2) is 22.8 Å². The van der Waals surface area contributed by atoms with Gasteiger partial charge in [-0.05, 0) is 45.6 Å². The molecule has 0 radical (unpaired) electrons. The van der Waals surface area contributed by atoms with E-state index in [1.54, 1.807) is 6.92 Å². The van der Waals surface area contributed by atoms with Gasteiger partial charge >= 0.3 is 5.97 Å². The van der Waals surface area contributed by atoms with E-state index >= 15 is 0 Å². The second-order valence-corrected chi connectivity index (χ2v) is 6.44. The zero-order chi connectivity index (χ0) is 15.3. The van der Waals surface area contributed by atoms with Crippen LogP contribution in [0.5, 0.6) is 0 Å². The van der Waals surface area contributed by atoms with Crippen LogP contribution in [0.25, 0.3) is 0 Å². The Labute approximate surface area is 122 Å². The van der Waals surface area contributed by atoms with E-state index in [4.69, 9.17) is 4.74 Å². The molecule has 112 valence electrons. The van der Waals surface area contributed by atoms with Gasteiger partial charge in [-0.3, -0.25) is 4.79 Å². The quantitative estimate of drug-likeness (QED) is 0.838. The van der Waals surface area contributed by atoms with E-state index in [2.05, 4.69) is 6.92 Å². The Morgan fingerprint density at radius 1 is 1.20 bits per heavy atom. The van der Waals surface area contributed by atoms with Gasteiger partial charge in [-0.25, -0.2) is 0 Å². The summed E-state index contributed by atoms with van der Waals surface area (Å²) in [6.45, 7) is 9.26. The first-order valence-electron chi connectivity index (χ1n) is 7.16. The zero-order valence-electron chi connectivity index (χ0n) is 13.1. The highest BCUT2D eigenvalue weighted by molar-refractivity contribution is 5.73. The first-order chi connectivity index (χ1) is 9.20. The number of ether oxygens (including phenoxy) is 1. The highest BCUT2D eigenvalue weighted by atomic mass is 16.6. The van der Waals surface area contributed by atoms with Gasteiger partial charge in [0.05, 0.1) is 12.0 Å². The average molecular weight is 278 g/mol. The molecular formula is C17H26O3. The van der Waals surface area contributed by atoms with Crippen molar-refractivity contribution < 1.29 is 14.6 Å². The molecule has 3 nitrogen and oxygen atoms in total. The van der Waals surface area contributed by atoms with Crippen molar-refractivity contribution in [1.29, 1.82) is 0 Å². The maximum atomic E-state index is 11.9. The van der Waals surface area contributed by atoms with Crippen molar-refractivity contribution in [3.8, 4) is 0 Å². The van der Waals surface area contributed by atoms with Crippen molar-refractivity contribution in [2.45, 2.75) is 58.7 Å². The van der Waals surface area contributed by atoms with Crippen LogP contribution in [0.4, 0.5) is 0 Å². The summed E-state index contributed by atoms with van der Waals surface area (Å²) < 4.78 is 5.31. The van der Waals surface area contributed by atoms with Crippen LogP contribution >= 0.6 is 0 Å². The van der Waals surface area contributed by atoms with E-state index in [0.717, 1.165) is 0 Å². The highest BCUT2D eigenvalue weighted by Crippen LogP contribution is 2.24. The Morgan fingerprint density at radius 3 is 2.25 bits per heavy atom. The van der Waals surface area contributed by atoms with E-state index in [-0.39, 0.29) is 11.9 Å². The number of hydrogen-bond donors (Lipinski definition) is 1. The molecule has 0 aliphatic heterocycles. The third-order valence-corrected chi connectivity index (χ3v) is 3.32. The Bertz CT molecular complexity index is 420. The summed E-state index contributed by atoms with van der Waals surface area (Å²) in [5, 5.41) is 10.2. The van der Waals surface area contributed by atoms with Crippen LogP contribution in [-0.2, 0) is 9.53 Å². The summed E-state index contributed by atoms with van der Waals surface area (Å²) in [5.41, 5.74) is 0.652. The van der Waals surface area contributed by atoms with Gasteiger partial charge in [0.1, 0.15) is 5.60 Å². The normalized spacial score (nSPS) is 16.3. The molecular weight excluding hydrogens is 252 g/mol. The molecule has 0 aliphatic rings. The van der Waals surface area contributed by atoms with Crippen LogP contribution in [0, 0.1) is 5.92 Å². The third-order valence-electron chi connectivity index (χ3n) is 3.32. The number of aliphatic hydroxyl groups excluding tert-OH is 1. The molecule has 0 heterocycles. The molecule has 0 spiro atoms. The minimum Gasteiger partial charge on any atom is -0.460 e. The lowest BCUT2D eigenvalue weighted by molar-refractivity contribution is -0.163. The number of benzene rings is 1. The van der Waals surface area contributed by atoms with Crippen LogP contribution in [0.1, 0.15) is 52.5 Å². The van der Waals surface area contributed by atoms with Crippen molar-refractivity contribution in [3.05, 3.63) is 35.9 Å². The molecule has 1 rings (SSSR count). The first kappa shape index (κ1) is 16.7. The van der Waals surface area contributed by atoms with Crippen LogP contribution < -0.4 is 0 Å². The fourth-order valence-corrected chi connectivity index (χ4v) is 2.04. The lowest BCUT2D eigenvalue weighted by Gasteiger charge is -2.26. The summed E-state index contributed by atoms with van der Waals surface area (Å²) in [6, 6.07) is 10.0. The van der Waals surface area contributed by atoms with Gasteiger partial charge in [0.15, 0.2) is 0 Å². The van der Waals surface area contributed by atoms with E-state index in [0.29, 0.717) is 6.42 Å². The van der Waals surface area contributed by atoms with Crippen LogP contribution in [0.3, 0.4) is 0 Å². The molecule has 3 heteroatoms. The van der Waals surface area contributed by atoms with Crippen molar-refractivity contribution >= 4 is 5.97 Å². The van der Waals surface area contributed by atoms with Gasteiger partial charge in [-0.1, -0.05) is 37.3 Å². The molecule has 0 saturated heterocycles. The predicted molar refractivity (Wildman–Crippen MR) is 80.5 cm³/mol. The third kappa shape index (κ3) is 5.33. The summed E-state index contributed by atoms with van der Waals surface area (Å²) in [5.74, 6) is -0.651. The minimum atomic E-state index is -0.694. The number of carbonyl (C=O) groups excluding carboxylic acids is 1. The first-order valence-corrected chi connectivity index (χ1v) is 7.16. The van der Waals surface area contributed by atoms with E-state index < -0.39 is 17.6 Å². The number of carbonyl (C=O) groups is 1. The van der Waals surface area contributed by atoms with Gasteiger partial charge < -0.3 is 9.84 Å². The summed E-state index contributed by atoms with van der Waals surface area (Å²) in [6.07, 6.45) is -0.148. The SMILES string of the molecule is CC(CC(O)C(C)C(=O)OC(C)(C)C)c1ccccc1. The number of hydrogen-bond acceptors (Lipinski definition) is 3. The topological polar surface area (TPSA) is 46.5 Å². The van der Waals surface area contributed by atoms with Gasteiger partial charge in [-0.15, -0.1) is 0 Å². The Kier molecular flexibility index (Phi) is 5.75. The zero-order valence-corrected chi connectivity index (χ0v) is 13.1. The summed E-state index contributed by atoms with van der Waals surface area (Å²) in [7, 11) is 0. The molecule has 3 atom stereocenters. The Morgan fingerprint density at radius 2 is 1.75 bits per heavy atom. The van der Waals surface area contributed by atoms with Crippen molar-refractivity contribution in [2.75, 3.05) is 0 Å². The minimum absolute atomic E-state index is 0.205. The predicted octanol–water partition coefficient (Wildman–Crippen LogP) is 3.52. The lowest BCUT2D eigenvalue weighted by atomic mass is 9.90. The molecule has 3 unspecified atom stereocenters. The van der Waals surface area contributed by atoms with E-state index in [1.165, 1.54) is 5.56 Å². The van der Waals surface area contributed by atoms with Crippen molar-refractivity contribution in [1.82, 2.24) is 0 Å². The maximum Gasteiger partial charge on any atom is 0.311 e. The van der Waals surface area contributed by atoms with E-state index in [1.807, 2.05) is 51.1 Å². The molecule has 0 aromatic heterocycles. The van der Waals surface area contributed by atoms with Crippen molar-refractivity contribution in [3.63, 3.8) is 0 Å². The smallest absolute Gasteiger partial charge is 0.311 e.